The second-order valence-electron chi connectivity index (χ2n) is 4.57. The minimum Gasteiger partial charge on any atom is -0.354 e. The molecule has 0 amide bonds. The number of fused-ring (bicyclic) bond motifs is 1. The highest BCUT2D eigenvalue weighted by Crippen LogP contribution is 2.32. The Morgan fingerprint density at radius 3 is 2.38 bits per heavy atom. The molecule has 102 valence electrons. The smallest absolute Gasteiger partial charge is 0.0998 e. The van der Waals surface area contributed by atoms with Crippen LogP contribution in [0.25, 0.3) is 10.8 Å². The van der Waals surface area contributed by atoms with E-state index in [2.05, 4.69) is 34.0 Å². The second kappa shape index (κ2) is 5.92. The number of nitrogens with one attached hydrogen (secondary N) is 1. The third-order valence-electron chi connectivity index (χ3n) is 3.24. The highest BCUT2D eigenvalue weighted by Gasteiger charge is 2.07. The first kappa shape index (κ1) is 14.2. The lowest BCUT2D eigenvalue weighted by Gasteiger charge is -2.12. The largest absolute Gasteiger partial charge is 0.354 e. The average Bonchev–Trinajstić information content (AvgIpc) is 2.50. The highest BCUT2D eigenvalue weighted by molar-refractivity contribution is 14.1. The number of rotatable bonds is 2. The Labute approximate surface area is 141 Å². The lowest BCUT2D eigenvalue weighted by molar-refractivity contribution is 1.50. The van der Waals surface area contributed by atoms with E-state index in [1.165, 1.54) is 0 Å². The highest BCUT2D eigenvalue weighted by atomic mass is 127. The molecule has 0 bridgehead atoms. The third kappa shape index (κ3) is 2.82. The van der Waals surface area contributed by atoms with Crippen molar-refractivity contribution < 1.29 is 0 Å². The molecule has 0 heterocycles. The van der Waals surface area contributed by atoms with Crippen LogP contribution in [0.5, 0.6) is 0 Å². The number of nitriles is 1. The second-order valence-corrected chi connectivity index (χ2v) is 6.22. The topological polar surface area (TPSA) is 35.8 Å². The van der Waals surface area contributed by atoms with Crippen molar-refractivity contribution >= 4 is 56.3 Å². The Bertz CT molecular complexity index is 868. The molecule has 0 unspecified atom stereocenters. The van der Waals surface area contributed by atoms with Crippen molar-refractivity contribution in [2.24, 2.45) is 0 Å². The molecule has 21 heavy (non-hydrogen) atoms. The van der Waals surface area contributed by atoms with Crippen LogP contribution >= 0.6 is 34.2 Å². The summed E-state index contributed by atoms with van der Waals surface area (Å²) in [7, 11) is 0. The number of hydrogen-bond acceptors (Lipinski definition) is 2. The van der Waals surface area contributed by atoms with E-state index < -0.39 is 0 Å². The molecule has 0 saturated carbocycles. The lowest BCUT2D eigenvalue weighted by atomic mass is 10.0. The van der Waals surface area contributed by atoms with E-state index in [9.17, 15) is 5.26 Å². The maximum absolute atomic E-state index is 9.20. The molecule has 0 aromatic heterocycles. The van der Waals surface area contributed by atoms with E-state index in [0.717, 1.165) is 25.7 Å². The lowest BCUT2D eigenvalue weighted by Crippen LogP contribution is -1.94. The molecule has 0 spiro atoms. The first-order valence-electron chi connectivity index (χ1n) is 6.33. The van der Waals surface area contributed by atoms with Gasteiger partial charge in [0, 0.05) is 20.0 Å². The molecule has 0 aliphatic heterocycles. The van der Waals surface area contributed by atoms with E-state index in [4.69, 9.17) is 11.6 Å². The summed E-state index contributed by atoms with van der Waals surface area (Å²) in [5.74, 6) is 0. The first-order chi connectivity index (χ1) is 10.2. The van der Waals surface area contributed by atoms with Gasteiger partial charge in [-0.3, -0.25) is 0 Å². The fraction of sp³-hybridized carbons (Fsp3) is 0. The Morgan fingerprint density at radius 2 is 1.67 bits per heavy atom. The third-order valence-corrected chi connectivity index (χ3v) is 4.23. The standard InChI is InChI=1S/C17H10ClIN2/c18-15-9-12(19)6-8-17(15)21-16-7-5-11(10-20)13-3-1-2-4-14(13)16/h1-9,21H. The zero-order valence-electron chi connectivity index (χ0n) is 10.9. The van der Waals surface area contributed by atoms with E-state index in [0.29, 0.717) is 10.6 Å². The molecule has 0 fully saturated rings. The van der Waals surface area contributed by atoms with Crippen molar-refractivity contribution in [2.75, 3.05) is 5.32 Å². The van der Waals surface area contributed by atoms with Gasteiger partial charge in [0.25, 0.3) is 0 Å². The Balaban J connectivity index is 2.12. The molecule has 1 N–H and O–H groups in total. The van der Waals surface area contributed by atoms with Crippen LogP contribution in [0.15, 0.2) is 54.6 Å². The van der Waals surface area contributed by atoms with Crippen molar-refractivity contribution in [3.05, 3.63) is 68.8 Å². The number of benzene rings is 3. The van der Waals surface area contributed by atoms with Crippen molar-refractivity contribution in [3.63, 3.8) is 0 Å². The summed E-state index contributed by atoms with van der Waals surface area (Å²) in [6, 6.07) is 19.7. The van der Waals surface area contributed by atoms with Gasteiger partial charge in [0.15, 0.2) is 0 Å². The molecule has 4 heteroatoms. The van der Waals surface area contributed by atoms with Gasteiger partial charge in [-0.05, 0) is 52.9 Å². The zero-order valence-corrected chi connectivity index (χ0v) is 13.8. The fourth-order valence-corrected chi connectivity index (χ4v) is 3.14. The maximum Gasteiger partial charge on any atom is 0.0998 e. The van der Waals surface area contributed by atoms with Crippen LogP contribution in [0, 0.1) is 14.9 Å². The number of nitrogens with zero attached hydrogens (tertiary/aromatic N) is 1. The van der Waals surface area contributed by atoms with E-state index >= 15 is 0 Å². The van der Waals surface area contributed by atoms with Crippen molar-refractivity contribution in [1.82, 2.24) is 0 Å². The van der Waals surface area contributed by atoms with E-state index in [-0.39, 0.29) is 0 Å². The van der Waals surface area contributed by atoms with Crippen molar-refractivity contribution in [1.29, 1.82) is 5.26 Å². The average molecular weight is 405 g/mol. The molecule has 3 aromatic rings. The summed E-state index contributed by atoms with van der Waals surface area (Å²) in [6.45, 7) is 0. The summed E-state index contributed by atoms with van der Waals surface area (Å²) < 4.78 is 1.09. The molecule has 0 radical (unpaired) electrons. The summed E-state index contributed by atoms with van der Waals surface area (Å²) in [4.78, 5) is 0. The van der Waals surface area contributed by atoms with Gasteiger partial charge < -0.3 is 5.32 Å². The predicted molar refractivity (Wildman–Crippen MR) is 96.1 cm³/mol. The van der Waals surface area contributed by atoms with Gasteiger partial charge in [-0.2, -0.15) is 5.26 Å². The van der Waals surface area contributed by atoms with Gasteiger partial charge in [-0.25, -0.2) is 0 Å². The predicted octanol–water partition coefficient (Wildman–Crippen LogP) is 5.71. The zero-order chi connectivity index (χ0) is 14.8. The van der Waals surface area contributed by atoms with Crippen LogP contribution in [-0.2, 0) is 0 Å². The SMILES string of the molecule is N#Cc1ccc(Nc2ccc(I)cc2Cl)c2ccccc12. The molecule has 0 atom stereocenters. The molecule has 3 rings (SSSR count). The van der Waals surface area contributed by atoms with Crippen molar-refractivity contribution in [2.45, 2.75) is 0 Å². The van der Waals surface area contributed by atoms with Crippen LogP contribution < -0.4 is 5.32 Å². The monoisotopic (exact) mass is 404 g/mol. The van der Waals surface area contributed by atoms with Crippen LogP contribution in [0.4, 0.5) is 11.4 Å². The minimum atomic E-state index is 0.671. The summed E-state index contributed by atoms with van der Waals surface area (Å²) in [5.41, 5.74) is 2.46. The molecule has 0 aliphatic carbocycles. The molecular formula is C17H10ClIN2. The molecule has 0 aliphatic rings. The van der Waals surface area contributed by atoms with Gasteiger partial charge in [0.05, 0.1) is 22.3 Å². The van der Waals surface area contributed by atoms with Gasteiger partial charge in [0.1, 0.15) is 0 Å². The Morgan fingerprint density at radius 1 is 0.952 bits per heavy atom. The van der Waals surface area contributed by atoms with E-state index in [1.807, 2.05) is 54.6 Å². The van der Waals surface area contributed by atoms with E-state index in [1.54, 1.807) is 0 Å². The maximum atomic E-state index is 9.20. The number of anilines is 2. The van der Waals surface area contributed by atoms with Crippen LogP contribution in [0.1, 0.15) is 5.56 Å². The van der Waals surface area contributed by atoms with Gasteiger partial charge in [0.2, 0.25) is 0 Å². The molecular weight excluding hydrogens is 395 g/mol. The van der Waals surface area contributed by atoms with Crippen molar-refractivity contribution in [3.8, 4) is 6.07 Å². The van der Waals surface area contributed by atoms with Gasteiger partial charge in [-0.15, -0.1) is 0 Å². The normalized spacial score (nSPS) is 10.3. The number of halogens is 2. The van der Waals surface area contributed by atoms with Crippen LogP contribution in [-0.4, -0.2) is 0 Å². The number of hydrogen-bond donors (Lipinski definition) is 1. The Kier molecular flexibility index (Phi) is 4.00. The summed E-state index contributed by atoms with van der Waals surface area (Å²) in [6.07, 6.45) is 0. The van der Waals surface area contributed by atoms with Gasteiger partial charge >= 0.3 is 0 Å². The summed E-state index contributed by atoms with van der Waals surface area (Å²) >= 11 is 8.50. The molecule has 0 saturated heterocycles. The Hall–Kier alpha value is -1.77. The first-order valence-corrected chi connectivity index (χ1v) is 7.78. The van der Waals surface area contributed by atoms with Crippen LogP contribution in [0.3, 0.4) is 0 Å². The van der Waals surface area contributed by atoms with Gasteiger partial charge in [-0.1, -0.05) is 35.9 Å². The quantitative estimate of drug-likeness (QED) is 0.555. The molecule has 2 nitrogen and oxygen atoms in total. The molecule has 3 aromatic carbocycles. The summed E-state index contributed by atoms with van der Waals surface area (Å²) in [5, 5.41) is 15.2. The fourth-order valence-electron chi connectivity index (χ4n) is 2.24. The van der Waals surface area contributed by atoms with Crippen LogP contribution in [0.2, 0.25) is 5.02 Å². The minimum absolute atomic E-state index is 0.671.